The second-order valence-electron chi connectivity index (χ2n) is 8.13. The summed E-state index contributed by atoms with van der Waals surface area (Å²) in [5, 5.41) is 6.76. The molecule has 1 fully saturated rings. The molecular formula is C26H27N5O2. The SMILES string of the molecule is C=CC(=O)N1CC(C)(Nc2cccc(C(=NC)Nc3ccc(Oc4ccccc4)cc3)n2)C1. The fourth-order valence-electron chi connectivity index (χ4n) is 3.71. The zero-order valence-corrected chi connectivity index (χ0v) is 18.8. The summed E-state index contributed by atoms with van der Waals surface area (Å²) in [6.45, 7) is 6.82. The number of aromatic nitrogens is 1. The summed E-state index contributed by atoms with van der Waals surface area (Å²) < 4.78 is 5.85. The number of likely N-dealkylation sites (tertiary alicyclic amines) is 1. The van der Waals surface area contributed by atoms with Crippen LogP contribution >= 0.6 is 0 Å². The van der Waals surface area contributed by atoms with Crippen molar-refractivity contribution in [2.45, 2.75) is 12.5 Å². The largest absolute Gasteiger partial charge is 0.457 e. The van der Waals surface area contributed by atoms with Crippen LogP contribution in [0.2, 0.25) is 0 Å². The first kappa shape index (κ1) is 22.1. The number of hydrogen-bond acceptors (Lipinski definition) is 5. The Kier molecular flexibility index (Phi) is 6.40. The van der Waals surface area contributed by atoms with E-state index in [1.165, 1.54) is 6.08 Å². The number of anilines is 2. The van der Waals surface area contributed by atoms with Gasteiger partial charge in [0.1, 0.15) is 23.0 Å². The molecule has 1 aliphatic rings. The fourth-order valence-corrected chi connectivity index (χ4v) is 3.71. The third-order valence-corrected chi connectivity index (χ3v) is 5.31. The number of pyridine rings is 1. The number of ether oxygens (including phenoxy) is 1. The summed E-state index contributed by atoms with van der Waals surface area (Å²) in [5.74, 6) is 2.87. The number of carbonyl (C=O) groups is 1. The van der Waals surface area contributed by atoms with E-state index in [0.717, 1.165) is 23.0 Å². The molecule has 2 aromatic carbocycles. The molecule has 168 valence electrons. The number of carbonyl (C=O) groups excluding carboxylic acids is 1. The Morgan fingerprint density at radius 3 is 2.42 bits per heavy atom. The molecule has 0 aliphatic carbocycles. The molecule has 1 saturated heterocycles. The van der Waals surface area contributed by atoms with Crippen molar-refractivity contribution in [2.24, 2.45) is 4.99 Å². The van der Waals surface area contributed by atoms with Gasteiger partial charge in [-0.2, -0.15) is 0 Å². The maximum absolute atomic E-state index is 11.7. The molecule has 1 aliphatic heterocycles. The van der Waals surface area contributed by atoms with E-state index in [2.05, 4.69) is 29.1 Å². The van der Waals surface area contributed by atoms with E-state index in [-0.39, 0.29) is 11.4 Å². The summed E-state index contributed by atoms with van der Waals surface area (Å²) >= 11 is 0. The summed E-state index contributed by atoms with van der Waals surface area (Å²) in [5.41, 5.74) is 1.37. The van der Waals surface area contributed by atoms with Gasteiger partial charge in [0.15, 0.2) is 5.84 Å². The van der Waals surface area contributed by atoms with E-state index in [1.54, 1.807) is 11.9 Å². The third kappa shape index (κ3) is 5.38. The van der Waals surface area contributed by atoms with E-state index in [4.69, 9.17) is 9.72 Å². The lowest BCUT2D eigenvalue weighted by molar-refractivity contribution is -0.132. The molecule has 0 atom stereocenters. The monoisotopic (exact) mass is 441 g/mol. The lowest BCUT2D eigenvalue weighted by Crippen LogP contribution is -2.65. The number of hydrogen-bond donors (Lipinski definition) is 2. The van der Waals surface area contributed by atoms with Gasteiger partial charge in [0.05, 0.1) is 5.54 Å². The highest BCUT2D eigenvalue weighted by atomic mass is 16.5. The predicted octanol–water partition coefficient (Wildman–Crippen LogP) is 4.56. The summed E-state index contributed by atoms with van der Waals surface area (Å²) in [6, 6.07) is 23.1. The average Bonchev–Trinajstić information content (AvgIpc) is 2.82. The van der Waals surface area contributed by atoms with Crippen LogP contribution in [0.15, 0.2) is 90.4 Å². The van der Waals surface area contributed by atoms with Crippen molar-refractivity contribution in [1.82, 2.24) is 9.88 Å². The number of amides is 1. The smallest absolute Gasteiger partial charge is 0.246 e. The van der Waals surface area contributed by atoms with Crippen LogP contribution in [0.5, 0.6) is 11.5 Å². The third-order valence-electron chi connectivity index (χ3n) is 5.31. The first-order chi connectivity index (χ1) is 16.0. The van der Waals surface area contributed by atoms with Crippen molar-refractivity contribution in [1.29, 1.82) is 0 Å². The fraction of sp³-hybridized carbons (Fsp3) is 0.192. The van der Waals surface area contributed by atoms with Crippen molar-refractivity contribution >= 4 is 23.2 Å². The van der Waals surface area contributed by atoms with E-state index < -0.39 is 0 Å². The van der Waals surface area contributed by atoms with Gasteiger partial charge in [-0.1, -0.05) is 30.8 Å². The topological polar surface area (TPSA) is 78.9 Å². The highest BCUT2D eigenvalue weighted by Gasteiger charge is 2.40. The molecule has 7 nitrogen and oxygen atoms in total. The van der Waals surface area contributed by atoms with Gasteiger partial charge >= 0.3 is 0 Å². The number of benzene rings is 2. The normalized spacial score (nSPS) is 14.7. The molecule has 2 heterocycles. The Bertz CT molecular complexity index is 1150. The standard InChI is InChI=1S/C26H27N5O2/c1-4-24(32)31-17-26(2,18-31)30-23-12-8-11-22(29-23)25(27-3)28-19-13-15-21(16-14-19)33-20-9-6-5-7-10-20/h4-16H,1,17-18H2,2-3H3,(H,27,28)(H,29,30). The second-order valence-corrected chi connectivity index (χ2v) is 8.13. The lowest BCUT2D eigenvalue weighted by atomic mass is 9.92. The molecule has 4 rings (SSSR count). The molecule has 2 N–H and O–H groups in total. The van der Waals surface area contributed by atoms with Crippen LogP contribution in [0.1, 0.15) is 12.6 Å². The summed E-state index contributed by atoms with van der Waals surface area (Å²) in [6.07, 6.45) is 1.34. The highest BCUT2D eigenvalue weighted by Crippen LogP contribution is 2.26. The minimum atomic E-state index is -0.226. The molecule has 1 aromatic heterocycles. The molecule has 0 unspecified atom stereocenters. The maximum atomic E-state index is 11.7. The Balaban J connectivity index is 1.40. The van der Waals surface area contributed by atoms with Gasteiger partial charge in [0.2, 0.25) is 5.91 Å². The van der Waals surface area contributed by atoms with Gasteiger partial charge < -0.3 is 20.3 Å². The Morgan fingerprint density at radius 1 is 1.06 bits per heavy atom. The van der Waals surface area contributed by atoms with Crippen molar-refractivity contribution < 1.29 is 9.53 Å². The van der Waals surface area contributed by atoms with Crippen LogP contribution in [0.3, 0.4) is 0 Å². The first-order valence-electron chi connectivity index (χ1n) is 10.7. The number of amidine groups is 1. The highest BCUT2D eigenvalue weighted by molar-refractivity contribution is 6.07. The van der Waals surface area contributed by atoms with Crippen molar-refractivity contribution in [3.8, 4) is 11.5 Å². The van der Waals surface area contributed by atoms with Gasteiger partial charge in [-0.05, 0) is 61.5 Å². The van der Waals surface area contributed by atoms with Crippen molar-refractivity contribution in [2.75, 3.05) is 30.8 Å². The molecule has 33 heavy (non-hydrogen) atoms. The average molecular weight is 442 g/mol. The van der Waals surface area contributed by atoms with Crippen LogP contribution < -0.4 is 15.4 Å². The van der Waals surface area contributed by atoms with E-state index in [9.17, 15) is 4.79 Å². The van der Waals surface area contributed by atoms with Gasteiger partial charge in [-0.3, -0.25) is 9.79 Å². The van der Waals surface area contributed by atoms with Crippen LogP contribution in [-0.2, 0) is 4.79 Å². The number of rotatable bonds is 7. The minimum Gasteiger partial charge on any atom is -0.457 e. The molecule has 0 saturated carbocycles. The zero-order chi connectivity index (χ0) is 23.3. The van der Waals surface area contributed by atoms with Crippen LogP contribution in [-0.4, -0.2) is 47.3 Å². The Hall–Kier alpha value is -4.13. The quantitative estimate of drug-likeness (QED) is 0.319. The zero-order valence-electron chi connectivity index (χ0n) is 18.8. The Morgan fingerprint density at radius 2 is 1.76 bits per heavy atom. The molecular weight excluding hydrogens is 414 g/mol. The molecule has 1 amide bonds. The van der Waals surface area contributed by atoms with Gasteiger partial charge in [-0.15, -0.1) is 0 Å². The number of nitrogens with one attached hydrogen (secondary N) is 2. The lowest BCUT2D eigenvalue weighted by Gasteiger charge is -2.48. The summed E-state index contributed by atoms with van der Waals surface area (Å²) in [4.78, 5) is 22.6. The predicted molar refractivity (Wildman–Crippen MR) is 132 cm³/mol. The molecule has 0 bridgehead atoms. The van der Waals surface area contributed by atoms with Crippen LogP contribution in [0.25, 0.3) is 0 Å². The first-order valence-corrected chi connectivity index (χ1v) is 10.7. The maximum Gasteiger partial charge on any atom is 0.246 e. The van der Waals surface area contributed by atoms with Crippen LogP contribution in [0, 0.1) is 0 Å². The van der Waals surface area contributed by atoms with E-state index in [0.29, 0.717) is 24.6 Å². The second kappa shape index (κ2) is 9.56. The summed E-state index contributed by atoms with van der Waals surface area (Å²) in [7, 11) is 1.73. The van der Waals surface area contributed by atoms with E-state index >= 15 is 0 Å². The Labute approximate surface area is 193 Å². The number of para-hydroxylation sites is 1. The van der Waals surface area contributed by atoms with Crippen molar-refractivity contribution in [3.63, 3.8) is 0 Å². The van der Waals surface area contributed by atoms with Gasteiger partial charge in [0, 0.05) is 25.8 Å². The molecule has 0 spiro atoms. The minimum absolute atomic E-state index is 0.0548. The molecule has 7 heteroatoms. The van der Waals surface area contributed by atoms with Crippen molar-refractivity contribution in [3.05, 3.63) is 91.1 Å². The molecule has 3 aromatic rings. The van der Waals surface area contributed by atoms with Crippen LogP contribution in [0.4, 0.5) is 11.5 Å². The number of aliphatic imine (C=N–C) groups is 1. The van der Waals surface area contributed by atoms with Gasteiger partial charge in [-0.25, -0.2) is 4.98 Å². The number of nitrogens with zero attached hydrogens (tertiary/aromatic N) is 3. The van der Waals surface area contributed by atoms with E-state index in [1.807, 2.05) is 72.8 Å². The molecule has 0 radical (unpaired) electrons. The van der Waals surface area contributed by atoms with Gasteiger partial charge in [0.25, 0.3) is 0 Å².